The van der Waals surface area contributed by atoms with Crippen LogP contribution < -0.4 is 21.9 Å². The van der Waals surface area contributed by atoms with Gasteiger partial charge in [-0.15, -0.1) is 0 Å². The number of nitrogens with one attached hydrogen (secondary N) is 1. The van der Waals surface area contributed by atoms with Gasteiger partial charge >= 0.3 is 5.69 Å². The molecule has 7 nitrogen and oxygen atoms in total. The summed E-state index contributed by atoms with van der Waals surface area (Å²) in [7, 11) is 0. The molecule has 3 N–H and O–H groups in total. The van der Waals surface area contributed by atoms with Crippen LogP contribution in [0.15, 0.2) is 32.3 Å². The van der Waals surface area contributed by atoms with Crippen molar-refractivity contribution >= 4 is 33.3 Å². The van der Waals surface area contributed by atoms with Gasteiger partial charge in [0.05, 0.1) is 0 Å². The van der Waals surface area contributed by atoms with E-state index in [1.807, 2.05) is 20.8 Å². The lowest BCUT2D eigenvalue weighted by Crippen LogP contribution is -2.42. The molecule has 0 aliphatic rings. The van der Waals surface area contributed by atoms with Crippen LogP contribution in [0.2, 0.25) is 0 Å². The Kier molecular flexibility index (Phi) is 7.78. The molecular weight excluding hydrogens is 443 g/mol. The minimum atomic E-state index is -0.743. The fraction of sp³-hybridized carbons (Fsp3) is 0.450. The van der Waals surface area contributed by atoms with Crippen LogP contribution in [0, 0.1) is 11.7 Å². The van der Waals surface area contributed by atoms with Crippen LogP contribution in [-0.4, -0.2) is 22.0 Å². The molecule has 1 amide bonds. The molecule has 29 heavy (non-hydrogen) atoms. The van der Waals surface area contributed by atoms with E-state index < -0.39 is 23.0 Å². The third kappa shape index (κ3) is 5.56. The molecule has 1 aromatic heterocycles. The molecule has 0 aliphatic carbocycles. The van der Waals surface area contributed by atoms with E-state index in [-0.39, 0.29) is 29.5 Å². The molecule has 0 saturated heterocycles. The molecule has 0 saturated carbocycles. The highest BCUT2D eigenvalue weighted by molar-refractivity contribution is 9.10. The first-order valence-corrected chi connectivity index (χ1v) is 10.4. The van der Waals surface area contributed by atoms with Gasteiger partial charge in [0, 0.05) is 23.1 Å². The molecular formula is C20H26BrFN4O3. The normalized spacial score (nSPS) is 11.1. The zero-order chi connectivity index (χ0) is 21.7. The number of rotatable bonds is 8. The van der Waals surface area contributed by atoms with Gasteiger partial charge in [0.2, 0.25) is 0 Å². The van der Waals surface area contributed by atoms with Crippen LogP contribution >= 0.6 is 15.9 Å². The first-order valence-electron chi connectivity index (χ1n) is 9.56. The molecule has 0 radical (unpaired) electrons. The molecule has 1 heterocycles. The van der Waals surface area contributed by atoms with E-state index in [0.717, 1.165) is 12.5 Å². The molecule has 0 spiro atoms. The molecule has 0 aliphatic heterocycles. The van der Waals surface area contributed by atoms with Crippen LogP contribution in [0.5, 0.6) is 0 Å². The average molecular weight is 469 g/mol. The molecule has 2 rings (SSSR count). The summed E-state index contributed by atoms with van der Waals surface area (Å²) in [6, 6.07) is 3.82. The summed E-state index contributed by atoms with van der Waals surface area (Å²) < 4.78 is 15.5. The standard InChI is InChI=1S/C20H26BrFN4O3/c1-4-5-7-26-17(23)16(18(27)24-20(26)29)25(8-6-12(2)3)19(28)13-9-14(21)11-15(22)10-13/h9-12H,4-8,23H2,1-3H3,(H,24,27,29). The molecule has 9 heteroatoms. The van der Waals surface area contributed by atoms with Gasteiger partial charge in [-0.2, -0.15) is 0 Å². The molecule has 0 atom stereocenters. The van der Waals surface area contributed by atoms with Crippen molar-refractivity contribution in [3.05, 3.63) is 54.9 Å². The van der Waals surface area contributed by atoms with E-state index in [1.165, 1.54) is 21.6 Å². The van der Waals surface area contributed by atoms with Crippen molar-refractivity contribution in [2.24, 2.45) is 5.92 Å². The van der Waals surface area contributed by atoms with Gasteiger partial charge in [-0.3, -0.25) is 19.1 Å². The van der Waals surface area contributed by atoms with Crippen LogP contribution in [0.1, 0.15) is 50.4 Å². The van der Waals surface area contributed by atoms with Gasteiger partial charge in [0.15, 0.2) is 5.69 Å². The predicted octanol–water partition coefficient (Wildman–Crippen LogP) is 3.51. The lowest BCUT2D eigenvalue weighted by atomic mass is 10.1. The Morgan fingerprint density at radius 2 is 2.00 bits per heavy atom. The minimum Gasteiger partial charge on any atom is -0.383 e. The van der Waals surface area contributed by atoms with Gasteiger partial charge in [0.1, 0.15) is 11.6 Å². The fourth-order valence-corrected chi connectivity index (χ4v) is 3.38. The SMILES string of the molecule is CCCCn1c(N)c(N(CCC(C)C)C(=O)c2cc(F)cc(Br)c2)c(=O)[nH]c1=O. The summed E-state index contributed by atoms with van der Waals surface area (Å²) in [6.07, 6.45) is 2.11. The highest BCUT2D eigenvalue weighted by atomic mass is 79.9. The Morgan fingerprint density at radius 1 is 1.31 bits per heavy atom. The lowest BCUT2D eigenvalue weighted by molar-refractivity contribution is 0.0985. The molecule has 0 unspecified atom stereocenters. The van der Waals surface area contributed by atoms with Crippen LogP contribution in [0.4, 0.5) is 15.9 Å². The maximum Gasteiger partial charge on any atom is 0.330 e. The van der Waals surface area contributed by atoms with E-state index in [9.17, 15) is 18.8 Å². The monoisotopic (exact) mass is 468 g/mol. The van der Waals surface area contributed by atoms with E-state index in [2.05, 4.69) is 20.9 Å². The van der Waals surface area contributed by atoms with Gasteiger partial charge in [0.25, 0.3) is 11.5 Å². The number of amides is 1. The van der Waals surface area contributed by atoms with Crippen molar-refractivity contribution in [1.82, 2.24) is 9.55 Å². The molecule has 158 valence electrons. The average Bonchev–Trinajstić information content (AvgIpc) is 2.62. The number of benzene rings is 1. The summed E-state index contributed by atoms with van der Waals surface area (Å²) in [5, 5.41) is 0. The number of H-pyrrole nitrogens is 1. The second-order valence-corrected chi connectivity index (χ2v) is 8.21. The number of carbonyl (C=O) groups is 1. The maximum absolute atomic E-state index is 13.8. The number of aromatic amines is 1. The number of carbonyl (C=O) groups excluding carboxylic acids is 1. The zero-order valence-corrected chi connectivity index (χ0v) is 18.4. The van der Waals surface area contributed by atoms with Crippen LogP contribution in [0.3, 0.4) is 0 Å². The zero-order valence-electron chi connectivity index (χ0n) is 16.8. The Morgan fingerprint density at radius 3 is 2.59 bits per heavy atom. The number of nitrogens with two attached hydrogens (primary N) is 1. The highest BCUT2D eigenvalue weighted by Crippen LogP contribution is 2.23. The summed E-state index contributed by atoms with van der Waals surface area (Å²) >= 11 is 3.18. The van der Waals surface area contributed by atoms with E-state index >= 15 is 0 Å². The van der Waals surface area contributed by atoms with Gasteiger partial charge < -0.3 is 10.6 Å². The van der Waals surface area contributed by atoms with E-state index in [4.69, 9.17) is 5.73 Å². The van der Waals surface area contributed by atoms with E-state index in [1.54, 1.807) is 0 Å². The first kappa shape index (κ1) is 22.9. The van der Waals surface area contributed by atoms with Gasteiger partial charge in [-0.1, -0.05) is 43.1 Å². The lowest BCUT2D eigenvalue weighted by Gasteiger charge is -2.25. The van der Waals surface area contributed by atoms with Crippen molar-refractivity contribution in [2.75, 3.05) is 17.2 Å². The highest BCUT2D eigenvalue weighted by Gasteiger charge is 2.26. The second kappa shape index (κ2) is 9.87. The van der Waals surface area contributed by atoms with Gasteiger partial charge in [-0.25, -0.2) is 9.18 Å². The number of unbranched alkanes of at least 4 members (excludes halogenated alkanes) is 1. The van der Waals surface area contributed by atoms with Crippen molar-refractivity contribution in [1.29, 1.82) is 0 Å². The quantitative estimate of drug-likeness (QED) is 0.618. The predicted molar refractivity (Wildman–Crippen MR) is 116 cm³/mol. The maximum atomic E-state index is 13.8. The number of nitrogens with zero attached hydrogens (tertiary/aromatic N) is 2. The largest absolute Gasteiger partial charge is 0.383 e. The second-order valence-electron chi connectivity index (χ2n) is 7.30. The topological polar surface area (TPSA) is 101 Å². The number of hydrogen-bond donors (Lipinski definition) is 2. The third-order valence-corrected chi connectivity index (χ3v) is 4.96. The van der Waals surface area contributed by atoms with Crippen LogP contribution in [-0.2, 0) is 6.54 Å². The Labute approximate surface area is 176 Å². The van der Waals surface area contributed by atoms with Crippen LogP contribution in [0.25, 0.3) is 0 Å². The Balaban J connectivity index is 2.62. The van der Waals surface area contributed by atoms with Gasteiger partial charge in [-0.05, 0) is 37.0 Å². The van der Waals surface area contributed by atoms with E-state index in [0.29, 0.717) is 23.9 Å². The van der Waals surface area contributed by atoms with Crippen molar-refractivity contribution < 1.29 is 9.18 Å². The first-order chi connectivity index (χ1) is 13.6. The molecule has 0 fully saturated rings. The number of aromatic nitrogens is 2. The van der Waals surface area contributed by atoms with Crippen molar-refractivity contribution in [3.8, 4) is 0 Å². The third-order valence-electron chi connectivity index (χ3n) is 4.50. The Hall–Kier alpha value is -2.42. The molecule has 2 aromatic rings. The van der Waals surface area contributed by atoms with Crippen molar-refractivity contribution in [3.63, 3.8) is 0 Å². The number of anilines is 2. The number of nitrogen functional groups attached to an aromatic ring is 1. The summed E-state index contributed by atoms with van der Waals surface area (Å²) in [4.78, 5) is 41.5. The molecule has 0 bridgehead atoms. The van der Waals surface area contributed by atoms with Crippen molar-refractivity contribution in [2.45, 2.75) is 46.6 Å². The number of hydrogen-bond acceptors (Lipinski definition) is 4. The minimum absolute atomic E-state index is 0.0697. The molecule has 1 aromatic carbocycles. The summed E-state index contributed by atoms with van der Waals surface area (Å²) in [5.41, 5.74) is 4.80. The smallest absolute Gasteiger partial charge is 0.330 e. The fourth-order valence-electron chi connectivity index (χ4n) is 2.91. The summed E-state index contributed by atoms with van der Waals surface area (Å²) in [6.45, 7) is 6.45. The summed E-state index contributed by atoms with van der Waals surface area (Å²) in [5.74, 6) is -0.972. The number of halogens is 2. The Bertz CT molecular complexity index is 980.